The summed E-state index contributed by atoms with van der Waals surface area (Å²) in [5.41, 5.74) is 7.35. The highest BCUT2D eigenvalue weighted by Crippen LogP contribution is 2.23. The molecule has 86 valence electrons. The number of rotatable bonds is 3. The smallest absolute Gasteiger partial charge is 0.340 e. The normalized spacial score (nSPS) is 9.94. The first-order chi connectivity index (χ1) is 8.33. The highest BCUT2D eigenvalue weighted by molar-refractivity contribution is 5.97. The number of carbonyl (C=O) groups is 1. The number of carbonyl (C=O) groups excluding carboxylic acids is 1. The summed E-state index contributed by atoms with van der Waals surface area (Å²) in [6.07, 6.45) is 3.39. The van der Waals surface area contributed by atoms with Gasteiger partial charge in [-0.3, -0.25) is 10.7 Å². The van der Waals surface area contributed by atoms with E-state index in [2.05, 4.69) is 4.98 Å². The molecule has 0 aliphatic heterocycles. The molecule has 0 aliphatic carbocycles. The third kappa shape index (κ3) is 2.49. The van der Waals surface area contributed by atoms with Gasteiger partial charge in [0.2, 0.25) is 0 Å². The lowest BCUT2D eigenvalue weighted by Crippen LogP contribution is -2.13. The lowest BCUT2D eigenvalue weighted by Gasteiger charge is -2.08. The first kappa shape index (κ1) is 11.3. The van der Waals surface area contributed by atoms with Gasteiger partial charge in [-0.2, -0.15) is 0 Å². The van der Waals surface area contributed by atoms with Crippen LogP contribution in [0.5, 0.6) is 0 Å². The number of hydrogen-bond acceptors (Lipinski definition) is 4. The van der Waals surface area contributed by atoms with Crippen molar-refractivity contribution in [1.82, 2.24) is 4.98 Å². The number of aromatic nitrogens is 1. The van der Waals surface area contributed by atoms with Gasteiger partial charge in [0, 0.05) is 18.0 Å². The number of ether oxygens (including phenoxy) is 1. The van der Waals surface area contributed by atoms with Gasteiger partial charge in [0.15, 0.2) is 0 Å². The van der Waals surface area contributed by atoms with E-state index in [0.717, 1.165) is 11.1 Å². The zero-order valence-electron chi connectivity index (χ0n) is 9.17. The van der Waals surface area contributed by atoms with Crippen molar-refractivity contribution in [2.75, 3.05) is 6.73 Å². The van der Waals surface area contributed by atoms with Crippen molar-refractivity contribution in [3.05, 3.63) is 54.4 Å². The van der Waals surface area contributed by atoms with Gasteiger partial charge in [-0.1, -0.05) is 24.3 Å². The quantitative estimate of drug-likeness (QED) is 0.642. The molecule has 4 nitrogen and oxygen atoms in total. The molecule has 0 fully saturated rings. The van der Waals surface area contributed by atoms with E-state index in [0.29, 0.717) is 5.56 Å². The standard InChI is InChI=1S/C13H12N2O2/c14-9-17-13(16)12-6-2-1-5-11(12)10-4-3-7-15-8-10/h1-8H,9,14H2. The molecule has 1 heterocycles. The van der Waals surface area contributed by atoms with Crippen molar-refractivity contribution in [3.8, 4) is 11.1 Å². The zero-order valence-corrected chi connectivity index (χ0v) is 9.17. The maximum atomic E-state index is 11.7. The third-order valence-electron chi connectivity index (χ3n) is 2.33. The maximum Gasteiger partial charge on any atom is 0.340 e. The summed E-state index contributed by atoms with van der Waals surface area (Å²) in [5.74, 6) is -0.424. The molecular weight excluding hydrogens is 216 g/mol. The predicted molar refractivity (Wildman–Crippen MR) is 64.1 cm³/mol. The molecule has 0 spiro atoms. The second kappa shape index (κ2) is 5.23. The second-order valence-electron chi connectivity index (χ2n) is 3.39. The van der Waals surface area contributed by atoms with E-state index in [1.807, 2.05) is 24.3 Å². The Morgan fingerprint density at radius 1 is 1.24 bits per heavy atom. The van der Waals surface area contributed by atoms with Crippen molar-refractivity contribution in [2.45, 2.75) is 0 Å². The molecule has 0 atom stereocenters. The van der Waals surface area contributed by atoms with Gasteiger partial charge in [-0.25, -0.2) is 4.79 Å². The lowest BCUT2D eigenvalue weighted by molar-refractivity contribution is 0.0516. The van der Waals surface area contributed by atoms with Crippen molar-refractivity contribution in [3.63, 3.8) is 0 Å². The summed E-state index contributed by atoms with van der Waals surface area (Å²) in [4.78, 5) is 15.7. The monoisotopic (exact) mass is 228 g/mol. The van der Waals surface area contributed by atoms with Crippen LogP contribution in [0.25, 0.3) is 11.1 Å². The fraction of sp³-hybridized carbons (Fsp3) is 0.0769. The second-order valence-corrected chi connectivity index (χ2v) is 3.39. The summed E-state index contributed by atoms with van der Waals surface area (Å²) in [7, 11) is 0. The Morgan fingerprint density at radius 2 is 2.06 bits per heavy atom. The van der Waals surface area contributed by atoms with Crippen LogP contribution >= 0.6 is 0 Å². The van der Waals surface area contributed by atoms with Gasteiger partial charge in [-0.05, 0) is 17.7 Å². The summed E-state index contributed by atoms with van der Waals surface area (Å²) < 4.78 is 4.81. The Morgan fingerprint density at radius 3 is 2.76 bits per heavy atom. The first-order valence-electron chi connectivity index (χ1n) is 5.19. The summed E-state index contributed by atoms with van der Waals surface area (Å²) >= 11 is 0. The van der Waals surface area contributed by atoms with Crippen LogP contribution in [0.15, 0.2) is 48.8 Å². The molecule has 0 saturated heterocycles. The molecular formula is C13H12N2O2. The van der Waals surface area contributed by atoms with Crippen molar-refractivity contribution in [1.29, 1.82) is 0 Å². The Hall–Kier alpha value is -2.20. The lowest BCUT2D eigenvalue weighted by atomic mass is 10.0. The topological polar surface area (TPSA) is 65.2 Å². The highest BCUT2D eigenvalue weighted by atomic mass is 16.5. The molecule has 4 heteroatoms. The van der Waals surface area contributed by atoms with E-state index in [1.54, 1.807) is 24.5 Å². The van der Waals surface area contributed by atoms with Crippen LogP contribution in [0.4, 0.5) is 0 Å². The molecule has 0 unspecified atom stereocenters. The van der Waals surface area contributed by atoms with Crippen LogP contribution in [0.2, 0.25) is 0 Å². The SMILES string of the molecule is NCOC(=O)c1ccccc1-c1cccnc1. The summed E-state index contributed by atoms with van der Waals surface area (Å²) in [5, 5.41) is 0. The van der Waals surface area contributed by atoms with Crippen molar-refractivity contribution < 1.29 is 9.53 Å². The van der Waals surface area contributed by atoms with Gasteiger partial charge in [0.05, 0.1) is 5.56 Å². The molecule has 1 aromatic carbocycles. The Bertz CT molecular complexity index is 512. The number of benzene rings is 1. The van der Waals surface area contributed by atoms with Crippen LogP contribution in [0.3, 0.4) is 0 Å². The molecule has 2 N–H and O–H groups in total. The van der Waals surface area contributed by atoms with E-state index in [4.69, 9.17) is 10.5 Å². The average Bonchev–Trinajstić information content (AvgIpc) is 2.40. The van der Waals surface area contributed by atoms with Gasteiger partial charge in [0.25, 0.3) is 0 Å². The molecule has 0 radical (unpaired) electrons. The van der Waals surface area contributed by atoms with E-state index in [9.17, 15) is 4.79 Å². The zero-order chi connectivity index (χ0) is 12.1. The largest absolute Gasteiger partial charge is 0.446 e. The molecule has 1 aromatic heterocycles. The van der Waals surface area contributed by atoms with Gasteiger partial charge < -0.3 is 4.74 Å². The molecule has 2 aromatic rings. The molecule has 17 heavy (non-hydrogen) atoms. The number of pyridine rings is 1. The predicted octanol–water partition coefficient (Wildman–Crippen LogP) is 1.82. The molecule has 0 saturated carbocycles. The number of nitrogens with two attached hydrogens (primary N) is 1. The Kier molecular flexibility index (Phi) is 3.47. The number of nitrogens with zero attached hydrogens (tertiary/aromatic N) is 1. The number of hydrogen-bond donors (Lipinski definition) is 1. The molecule has 0 amide bonds. The van der Waals surface area contributed by atoms with Crippen LogP contribution < -0.4 is 5.73 Å². The Balaban J connectivity index is 2.45. The number of esters is 1. The average molecular weight is 228 g/mol. The van der Waals surface area contributed by atoms with Crippen molar-refractivity contribution in [2.24, 2.45) is 5.73 Å². The highest BCUT2D eigenvalue weighted by Gasteiger charge is 2.12. The summed E-state index contributed by atoms with van der Waals surface area (Å²) in [6.45, 7) is -0.125. The molecule has 2 rings (SSSR count). The molecule has 0 bridgehead atoms. The third-order valence-corrected chi connectivity index (χ3v) is 2.33. The van der Waals surface area contributed by atoms with Crippen LogP contribution in [-0.4, -0.2) is 17.7 Å². The van der Waals surface area contributed by atoms with Crippen molar-refractivity contribution >= 4 is 5.97 Å². The Labute approximate surface area is 99.1 Å². The summed E-state index contributed by atoms with van der Waals surface area (Å²) in [6, 6.07) is 10.9. The van der Waals surface area contributed by atoms with Gasteiger partial charge >= 0.3 is 5.97 Å². The van der Waals surface area contributed by atoms with E-state index >= 15 is 0 Å². The minimum atomic E-state index is -0.424. The maximum absolute atomic E-state index is 11.7. The van der Waals surface area contributed by atoms with Gasteiger partial charge in [-0.15, -0.1) is 0 Å². The fourth-order valence-electron chi connectivity index (χ4n) is 1.59. The minimum absolute atomic E-state index is 0.125. The van der Waals surface area contributed by atoms with Crippen LogP contribution in [0.1, 0.15) is 10.4 Å². The fourth-order valence-corrected chi connectivity index (χ4v) is 1.59. The van der Waals surface area contributed by atoms with Gasteiger partial charge in [0.1, 0.15) is 6.73 Å². The van der Waals surface area contributed by atoms with E-state index in [-0.39, 0.29) is 6.73 Å². The first-order valence-corrected chi connectivity index (χ1v) is 5.19. The minimum Gasteiger partial charge on any atom is -0.446 e. The van der Waals surface area contributed by atoms with Crippen LogP contribution in [-0.2, 0) is 4.74 Å². The van der Waals surface area contributed by atoms with E-state index < -0.39 is 5.97 Å². The molecule has 0 aliphatic rings. The van der Waals surface area contributed by atoms with E-state index in [1.165, 1.54) is 0 Å². The van der Waals surface area contributed by atoms with Crippen LogP contribution in [0, 0.1) is 0 Å².